The van der Waals surface area contributed by atoms with E-state index in [9.17, 15) is 0 Å². The van der Waals surface area contributed by atoms with Crippen LogP contribution in [0.2, 0.25) is 0 Å². The van der Waals surface area contributed by atoms with Gasteiger partial charge in [0, 0.05) is 50.4 Å². The molecule has 0 atom stereocenters. The van der Waals surface area contributed by atoms with Crippen molar-refractivity contribution >= 4 is 87.8 Å². The van der Waals surface area contributed by atoms with Crippen LogP contribution in [0.1, 0.15) is 45.7 Å². The Kier molecular flexibility index (Phi) is 8.99. The highest BCUT2D eigenvalue weighted by molar-refractivity contribution is 6.28. The molecular formula is C60H50N4O. The second-order valence-corrected chi connectivity index (χ2v) is 19.1. The summed E-state index contributed by atoms with van der Waals surface area (Å²) in [5.41, 5.74) is 10.4. The van der Waals surface area contributed by atoms with Gasteiger partial charge in [-0.15, -0.1) is 0 Å². The van der Waals surface area contributed by atoms with Crippen molar-refractivity contribution in [2.75, 3.05) is 16.5 Å². The second-order valence-electron chi connectivity index (χ2n) is 19.1. The lowest BCUT2D eigenvalue weighted by atomic mass is 9.85. The minimum Gasteiger partial charge on any atom is -0.457 e. The molecule has 1 aliphatic heterocycles. The number of hydrogen-bond donors (Lipinski definition) is 0. The van der Waals surface area contributed by atoms with E-state index in [4.69, 9.17) is 9.72 Å². The Labute approximate surface area is 379 Å². The zero-order valence-electron chi connectivity index (χ0n) is 37.5. The van der Waals surface area contributed by atoms with Crippen LogP contribution < -0.4 is 14.5 Å². The van der Waals surface area contributed by atoms with Crippen molar-refractivity contribution in [3.8, 4) is 17.3 Å². The molecule has 0 N–H and O–H groups in total. The van der Waals surface area contributed by atoms with Gasteiger partial charge in [-0.05, 0) is 111 Å². The van der Waals surface area contributed by atoms with E-state index in [1.807, 2.05) is 0 Å². The summed E-state index contributed by atoms with van der Waals surface area (Å²) in [7, 11) is 0. The van der Waals surface area contributed by atoms with Gasteiger partial charge in [-0.1, -0.05) is 144 Å². The fourth-order valence-electron chi connectivity index (χ4n) is 10.5. The maximum absolute atomic E-state index is 7.05. The normalized spacial score (nSPS) is 13.1. The fraction of sp³-hybridized carbons (Fsp3) is 0.150. The van der Waals surface area contributed by atoms with Crippen LogP contribution in [0.15, 0.2) is 182 Å². The zero-order chi connectivity index (χ0) is 44.0. The number of para-hydroxylation sites is 4. The third-order valence-corrected chi connectivity index (χ3v) is 13.3. The Hall–Kier alpha value is -7.63. The molecular weight excluding hydrogens is 793 g/mol. The van der Waals surface area contributed by atoms with Gasteiger partial charge in [0.05, 0.1) is 27.9 Å². The predicted octanol–water partition coefficient (Wildman–Crippen LogP) is 16.3. The lowest BCUT2D eigenvalue weighted by Crippen LogP contribution is -2.26. The van der Waals surface area contributed by atoms with Crippen molar-refractivity contribution in [3.05, 3.63) is 193 Å². The van der Waals surface area contributed by atoms with Gasteiger partial charge in [-0.25, -0.2) is 4.98 Å². The summed E-state index contributed by atoms with van der Waals surface area (Å²) in [6, 6.07) is 66.0. The monoisotopic (exact) mass is 842 g/mol. The van der Waals surface area contributed by atoms with E-state index in [1.54, 1.807) is 0 Å². The molecule has 11 aromatic rings. The van der Waals surface area contributed by atoms with Crippen molar-refractivity contribution in [3.63, 3.8) is 0 Å². The van der Waals surface area contributed by atoms with Gasteiger partial charge in [0.2, 0.25) is 0 Å². The first-order chi connectivity index (χ1) is 31.7. The summed E-state index contributed by atoms with van der Waals surface area (Å²) in [6.45, 7) is 12.2. The van der Waals surface area contributed by atoms with Crippen molar-refractivity contribution in [1.82, 2.24) is 9.55 Å². The third kappa shape index (κ3) is 6.48. The molecule has 0 aliphatic carbocycles. The molecule has 3 heterocycles. The van der Waals surface area contributed by atoms with Gasteiger partial charge in [0.1, 0.15) is 24.0 Å². The highest BCUT2D eigenvalue weighted by atomic mass is 16.5. The lowest BCUT2D eigenvalue weighted by molar-refractivity contribution is 0.482. The molecule has 0 unspecified atom stereocenters. The molecule has 5 heteroatoms. The number of benzene rings is 9. The molecule has 0 radical (unpaired) electrons. The Bertz CT molecular complexity index is 3690. The first kappa shape index (κ1) is 39.0. The predicted molar refractivity (Wildman–Crippen MR) is 274 cm³/mol. The van der Waals surface area contributed by atoms with Crippen LogP contribution in [0.25, 0.3) is 70.8 Å². The van der Waals surface area contributed by atoms with E-state index >= 15 is 0 Å². The van der Waals surface area contributed by atoms with E-state index < -0.39 is 0 Å². The fourth-order valence-corrected chi connectivity index (χ4v) is 10.5. The molecule has 0 amide bonds. The molecule has 2 aromatic heterocycles. The molecule has 0 saturated carbocycles. The first-order valence-electron chi connectivity index (χ1n) is 22.9. The molecule has 5 nitrogen and oxygen atoms in total. The zero-order valence-corrected chi connectivity index (χ0v) is 37.5. The van der Waals surface area contributed by atoms with Crippen LogP contribution in [0.5, 0.6) is 11.5 Å². The number of pyridine rings is 1. The number of rotatable bonds is 7. The molecule has 316 valence electrons. The Morgan fingerprint density at radius 3 is 1.89 bits per heavy atom. The molecule has 9 aromatic carbocycles. The van der Waals surface area contributed by atoms with Gasteiger partial charge in [0.15, 0.2) is 0 Å². The molecule has 0 spiro atoms. The van der Waals surface area contributed by atoms with Crippen LogP contribution in [0, 0.1) is 5.92 Å². The first-order valence-corrected chi connectivity index (χ1v) is 22.9. The van der Waals surface area contributed by atoms with E-state index in [-0.39, 0.29) is 5.41 Å². The Morgan fingerprint density at radius 2 is 1.14 bits per heavy atom. The minimum atomic E-state index is -0.00924. The molecule has 0 saturated heterocycles. The van der Waals surface area contributed by atoms with Gasteiger partial charge >= 0.3 is 0 Å². The molecule has 0 bridgehead atoms. The van der Waals surface area contributed by atoms with Gasteiger partial charge in [0.25, 0.3) is 0 Å². The lowest BCUT2D eigenvalue weighted by Gasteiger charge is -2.29. The maximum Gasteiger partial charge on any atom is 0.146 e. The molecule has 0 fully saturated rings. The molecule has 65 heavy (non-hydrogen) atoms. The number of hydrogen-bond acceptors (Lipinski definition) is 4. The van der Waals surface area contributed by atoms with Crippen LogP contribution in [0.4, 0.5) is 22.7 Å². The Balaban J connectivity index is 1.02. The summed E-state index contributed by atoms with van der Waals surface area (Å²) in [4.78, 5) is 10.5. The highest BCUT2D eigenvalue weighted by Gasteiger charge is 2.31. The summed E-state index contributed by atoms with van der Waals surface area (Å²) < 4.78 is 9.40. The molecule has 12 rings (SSSR count). The van der Waals surface area contributed by atoms with Crippen molar-refractivity contribution < 1.29 is 4.74 Å². The van der Waals surface area contributed by atoms with Crippen molar-refractivity contribution in [1.29, 1.82) is 0 Å². The van der Waals surface area contributed by atoms with E-state index in [2.05, 4.69) is 231 Å². The van der Waals surface area contributed by atoms with Gasteiger partial charge in [-0.3, -0.25) is 4.57 Å². The highest BCUT2D eigenvalue weighted by Crippen LogP contribution is 2.48. The van der Waals surface area contributed by atoms with E-state index in [1.165, 1.54) is 65.9 Å². The van der Waals surface area contributed by atoms with Gasteiger partial charge in [-0.2, -0.15) is 0 Å². The molecule has 1 aliphatic rings. The van der Waals surface area contributed by atoms with Gasteiger partial charge < -0.3 is 14.5 Å². The number of anilines is 4. The minimum absolute atomic E-state index is 0.00924. The largest absolute Gasteiger partial charge is 0.457 e. The second kappa shape index (κ2) is 15.0. The third-order valence-electron chi connectivity index (χ3n) is 13.3. The SMILES string of the molecule is CC(C)Cc1cc(Oc2ccc3c4ccccc4n(-c4nc5ccc6ccccc6c5c5c4ccc4ccccc45)c3c2)cc(N2CN(c3ccccc3C(C)(C)C)c3ccccc32)c1. The van der Waals surface area contributed by atoms with Crippen LogP contribution >= 0.6 is 0 Å². The van der Waals surface area contributed by atoms with E-state index in [0.29, 0.717) is 12.6 Å². The number of ether oxygens (including phenoxy) is 1. The maximum atomic E-state index is 7.05. The number of fused-ring (bicyclic) bond motifs is 11. The average Bonchev–Trinajstić information content (AvgIpc) is 3.86. The topological polar surface area (TPSA) is 33.5 Å². The summed E-state index contributed by atoms with van der Waals surface area (Å²) in [5.74, 6) is 2.98. The van der Waals surface area contributed by atoms with Crippen LogP contribution in [-0.2, 0) is 11.8 Å². The van der Waals surface area contributed by atoms with Crippen molar-refractivity contribution in [2.45, 2.75) is 46.5 Å². The van der Waals surface area contributed by atoms with Crippen LogP contribution in [-0.4, -0.2) is 16.2 Å². The standard InChI is InChI=1S/C60H50N4O/c1-38(2)32-39-33-42(62-37-63(55-25-15-14-24-54(55)62)53-23-13-11-21-50(53)60(3,4)5)35-44(34-39)65-43-28-30-48-47-20-10-12-22-52(47)64(56(48)36-43)59-49-29-26-40-16-6-8-18-45(40)57(49)58-46-19-9-7-17-41(46)27-31-51(58)61-59/h6-31,33-36,38H,32,37H2,1-5H3. The quantitative estimate of drug-likeness (QED) is 0.150. The average molecular weight is 843 g/mol. The Morgan fingerprint density at radius 1 is 0.523 bits per heavy atom. The summed E-state index contributed by atoms with van der Waals surface area (Å²) >= 11 is 0. The van der Waals surface area contributed by atoms with Crippen molar-refractivity contribution in [2.24, 2.45) is 5.92 Å². The summed E-state index contributed by atoms with van der Waals surface area (Å²) in [6.07, 6.45) is 0.939. The summed E-state index contributed by atoms with van der Waals surface area (Å²) in [5, 5.41) is 10.7. The smallest absolute Gasteiger partial charge is 0.146 e. The number of nitrogens with zero attached hydrogens (tertiary/aromatic N) is 4. The number of aromatic nitrogens is 2. The van der Waals surface area contributed by atoms with E-state index in [0.717, 1.165) is 56.7 Å². The van der Waals surface area contributed by atoms with Crippen LogP contribution in [0.3, 0.4) is 0 Å².